The van der Waals surface area contributed by atoms with Crippen LogP contribution in [0, 0.1) is 5.92 Å². The van der Waals surface area contributed by atoms with Crippen LogP contribution in [0.25, 0.3) is 0 Å². The smallest absolute Gasteiger partial charge is 0.238 e. The first-order valence-corrected chi connectivity index (χ1v) is 12.8. The van der Waals surface area contributed by atoms with E-state index in [0.717, 1.165) is 5.56 Å². The Morgan fingerprint density at radius 1 is 1.00 bits per heavy atom. The summed E-state index contributed by atoms with van der Waals surface area (Å²) in [6.07, 6.45) is 2.38. The van der Waals surface area contributed by atoms with Gasteiger partial charge in [-0.15, -0.1) is 0 Å². The van der Waals surface area contributed by atoms with E-state index in [1.807, 2.05) is 4.90 Å². The molecule has 0 bridgehead atoms. The second-order valence-corrected chi connectivity index (χ2v) is 11.2. The Morgan fingerprint density at radius 3 is 2.09 bits per heavy atom. The molecule has 0 spiro atoms. The zero-order valence-corrected chi connectivity index (χ0v) is 20.3. The zero-order chi connectivity index (χ0) is 24.2. The van der Waals surface area contributed by atoms with Crippen molar-refractivity contribution in [2.24, 2.45) is 11.1 Å². The molecule has 0 atom stereocenters. The number of sulfonamides is 1. The topological polar surface area (TPSA) is 110 Å². The molecule has 2 aromatic carbocycles. The van der Waals surface area contributed by atoms with Crippen LogP contribution in [0.4, 0.5) is 5.69 Å². The Morgan fingerprint density at radius 2 is 1.58 bits per heavy atom. The summed E-state index contributed by atoms with van der Waals surface area (Å²) in [6, 6.07) is 14.2. The number of primary sulfonamides is 1. The summed E-state index contributed by atoms with van der Waals surface area (Å²) in [5.41, 5.74) is 3.06. The number of nitrogens with zero attached hydrogens (tertiary/aromatic N) is 1. The lowest BCUT2D eigenvalue weighted by Crippen LogP contribution is -2.41. The number of piperidine rings is 1. The van der Waals surface area contributed by atoms with Crippen molar-refractivity contribution in [3.05, 3.63) is 59.7 Å². The minimum Gasteiger partial charge on any atom is -0.343 e. The number of nitrogens with two attached hydrogens (primary N) is 1. The summed E-state index contributed by atoms with van der Waals surface area (Å²) in [7, 11) is -3.76. The van der Waals surface area contributed by atoms with Crippen LogP contribution in [-0.2, 0) is 31.4 Å². The third-order valence-electron chi connectivity index (χ3n) is 6.12. The molecule has 1 saturated heterocycles. The van der Waals surface area contributed by atoms with Gasteiger partial charge >= 0.3 is 0 Å². The number of carbonyl (C=O) groups excluding carboxylic acids is 2. The molecular weight excluding hydrogens is 438 g/mol. The average molecular weight is 472 g/mol. The van der Waals surface area contributed by atoms with Crippen molar-refractivity contribution in [3.63, 3.8) is 0 Å². The molecule has 0 aliphatic carbocycles. The first kappa shape index (κ1) is 24.9. The fourth-order valence-corrected chi connectivity index (χ4v) is 4.46. The number of anilines is 1. The lowest BCUT2D eigenvalue weighted by atomic mass is 9.86. The van der Waals surface area contributed by atoms with Crippen LogP contribution in [0.3, 0.4) is 0 Å². The maximum Gasteiger partial charge on any atom is 0.238 e. The van der Waals surface area contributed by atoms with Crippen molar-refractivity contribution in [1.29, 1.82) is 0 Å². The third-order valence-corrected chi connectivity index (χ3v) is 7.05. The van der Waals surface area contributed by atoms with Crippen LogP contribution in [0.1, 0.15) is 51.2 Å². The van der Waals surface area contributed by atoms with Gasteiger partial charge in [0, 0.05) is 31.1 Å². The highest BCUT2D eigenvalue weighted by Gasteiger charge is 2.27. The van der Waals surface area contributed by atoms with E-state index in [1.165, 1.54) is 29.8 Å². The van der Waals surface area contributed by atoms with Crippen LogP contribution in [0.15, 0.2) is 53.4 Å². The van der Waals surface area contributed by atoms with Gasteiger partial charge in [0.25, 0.3) is 0 Å². The number of amides is 2. The van der Waals surface area contributed by atoms with E-state index in [4.69, 9.17) is 5.14 Å². The maximum absolute atomic E-state index is 12.6. The molecule has 178 valence electrons. The Hall–Kier alpha value is -2.71. The molecule has 2 amide bonds. The summed E-state index contributed by atoms with van der Waals surface area (Å²) < 4.78 is 22.7. The average Bonchev–Trinajstić information content (AvgIpc) is 2.77. The van der Waals surface area contributed by atoms with Crippen molar-refractivity contribution in [1.82, 2.24) is 4.90 Å². The van der Waals surface area contributed by atoms with Gasteiger partial charge in [0.1, 0.15) is 0 Å². The number of rotatable bonds is 6. The fraction of sp³-hybridized carbons (Fsp3) is 0.440. The Kier molecular flexibility index (Phi) is 7.59. The van der Waals surface area contributed by atoms with E-state index in [1.54, 1.807) is 0 Å². The molecule has 3 rings (SSSR count). The van der Waals surface area contributed by atoms with Crippen LogP contribution in [0.2, 0.25) is 0 Å². The number of benzene rings is 2. The quantitative estimate of drug-likeness (QED) is 0.672. The highest BCUT2D eigenvalue weighted by atomic mass is 32.2. The molecule has 0 saturated carbocycles. The third kappa shape index (κ3) is 6.88. The number of hydrogen-bond acceptors (Lipinski definition) is 4. The van der Waals surface area contributed by atoms with Gasteiger partial charge in [-0.1, -0.05) is 45.0 Å². The number of likely N-dealkylation sites (tertiary alicyclic amines) is 1. The van der Waals surface area contributed by atoms with E-state index in [-0.39, 0.29) is 28.0 Å². The van der Waals surface area contributed by atoms with Crippen LogP contribution in [0.5, 0.6) is 0 Å². The molecule has 1 fully saturated rings. The summed E-state index contributed by atoms with van der Waals surface area (Å²) >= 11 is 0. The van der Waals surface area contributed by atoms with Crippen LogP contribution < -0.4 is 10.5 Å². The van der Waals surface area contributed by atoms with Gasteiger partial charge < -0.3 is 10.2 Å². The summed E-state index contributed by atoms with van der Waals surface area (Å²) in [5.74, 6) is -0.186. The summed E-state index contributed by atoms with van der Waals surface area (Å²) in [5, 5.41) is 7.91. The standard InChI is InChI=1S/C25H33N3O4S/c1-25(2,3)20-7-4-18(5-8-20)6-13-23(29)28-16-14-19(15-17-28)24(30)27-21-9-11-22(12-10-21)33(26,31)32/h4-5,7-12,19H,6,13-17H2,1-3H3,(H,27,30)(H2,26,31,32). The molecule has 0 aromatic heterocycles. The Bertz CT molecular complexity index is 1080. The fourth-order valence-electron chi connectivity index (χ4n) is 3.94. The molecule has 1 aliphatic heterocycles. The van der Waals surface area contributed by atoms with Crippen molar-refractivity contribution < 1.29 is 18.0 Å². The second-order valence-electron chi connectivity index (χ2n) is 9.66. The Labute approximate surface area is 196 Å². The lowest BCUT2D eigenvalue weighted by Gasteiger charge is -2.31. The Balaban J connectivity index is 1.45. The molecule has 7 nitrogen and oxygen atoms in total. The molecular formula is C25H33N3O4S. The molecule has 1 aliphatic rings. The first-order chi connectivity index (χ1) is 15.4. The largest absolute Gasteiger partial charge is 0.343 e. The van der Waals surface area contributed by atoms with Gasteiger partial charge in [0.15, 0.2) is 0 Å². The highest BCUT2D eigenvalue weighted by Crippen LogP contribution is 2.23. The number of hydrogen-bond donors (Lipinski definition) is 2. The van der Waals surface area contributed by atoms with Gasteiger partial charge in [0.2, 0.25) is 21.8 Å². The zero-order valence-electron chi connectivity index (χ0n) is 19.5. The normalized spacial score (nSPS) is 15.3. The van der Waals surface area contributed by atoms with Crippen LogP contribution >= 0.6 is 0 Å². The number of aryl methyl sites for hydroxylation is 1. The SMILES string of the molecule is CC(C)(C)c1ccc(CCC(=O)N2CCC(C(=O)Nc3ccc(S(N)(=O)=O)cc3)CC2)cc1. The molecule has 2 aromatic rings. The lowest BCUT2D eigenvalue weighted by molar-refractivity contribution is -0.134. The van der Waals surface area contributed by atoms with Gasteiger partial charge in [-0.3, -0.25) is 9.59 Å². The van der Waals surface area contributed by atoms with E-state index >= 15 is 0 Å². The van der Waals surface area contributed by atoms with Crippen molar-refractivity contribution in [2.75, 3.05) is 18.4 Å². The van der Waals surface area contributed by atoms with Gasteiger partial charge in [-0.2, -0.15) is 0 Å². The highest BCUT2D eigenvalue weighted by molar-refractivity contribution is 7.89. The predicted octanol–water partition coefficient (Wildman–Crippen LogP) is 3.44. The first-order valence-electron chi connectivity index (χ1n) is 11.2. The van der Waals surface area contributed by atoms with E-state index in [2.05, 4.69) is 50.4 Å². The minimum absolute atomic E-state index is 0.00235. The monoisotopic (exact) mass is 471 g/mol. The number of nitrogens with one attached hydrogen (secondary N) is 1. The molecule has 1 heterocycles. The maximum atomic E-state index is 12.6. The van der Waals surface area contributed by atoms with Gasteiger partial charge in [-0.05, 0) is 60.1 Å². The van der Waals surface area contributed by atoms with E-state index in [9.17, 15) is 18.0 Å². The molecule has 8 heteroatoms. The predicted molar refractivity (Wildman–Crippen MR) is 129 cm³/mol. The molecule has 33 heavy (non-hydrogen) atoms. The van der Waals surface area contributed by atoms with E-state index < -0.39 is 10.0 Å². The number of carbonyl (C=O) groups is 2. The summed E-state index contributed by atoms with van der Waals surface area (Å²) in [6.45, 7) is 7.66. The second kappa shape index (κ2) is 10.1. The molecule has 0 radical (unpaired) electrons. The van der Waals surface area contributed by atoms with Gasteiger partial charge in [0.05, 0.1) is 4.90 Å². The molecule has 0 unspecified atom stereocenters. The van der Waals surface area contributed by atoms with Gasteiger partial charge in [-0.25, -0.2) is 13.6 Å². The minimum atomic E-state index is -3.76. The summed E-state index contributed by atoms with van der Waals surface area (Å²) in [4.78, 5) is 27.1. The van der Waals surface area contributed by atoms with Crippen molar-refractivity contribution in [2.45, 2.75) is 56.8 Å². The van der Waals surface area contributed by atoms with Crippen molar-refractivity contribution in [3.8, 4) is 0 Å². The van der Waals surface area contributed by atoms with Crippen molar-refractivity contribution >= 4 is 27.5 Å². The van der Waals surface area contributed by atoms with E-state index in [0.29, 0.717) is 44.5 Å². The molecule has 3 N–H and O–H groups in total. The van der Waals surface area contributed by atoms with Crippen LogP contribution in [-0.4, -0.2) is 38.2 Å².